The minimum Gasteiger partial charge on any atom is -0.469 e. The van der Waals surface area contributed by atoms with Gasteiger partial charge < -0.3 is 14.3 Å². The molecular weight excluding hydrogens is 196 g/mol. The average molecular weight is 210 g/mol. The van der Waals surface area contributed by atoms with Crippen molar-refractivity contribution in [1.29, 1.82) is 0 Å². The highest BCUT2D eigenvalue weighted by Gasteiger charge is 2.12. The molecule has 0 aromatic carbocycles. The summed E-state index contributed by atoms with van der Waals surface area (Å²) in [5.74, 6) is 0.214. The van der Waals surface area contributed by atoms with Crippen molar-refractivity contribution in [2.75, 3.05) is 7.11 Å². The van der Waals surface area contributed by atoms with Gasteiger partial charge in [-0.2, -0.15) is 0 Å². The van der Waals surface area contributed by atoms with Gasteiger partial charge in [0, 0.05) is 0 Å². The molecule has 82 valence electrons. The summed E-state index contributed by atoms with van der Waals surface area (Å²) in [7, 11) is 1.29. The molecule has 0 spiro atoms. The van der Waals surface area contributed by atoms with Gasteiger partial charge in [0.05, 0.1) is 25.9 Å². The van der Waals surface area contributed by atoms with Crippen LogP contribution >= 0.6 is 0 Å². The van der Waals surface area contributed by atoms with Crippen LogP contribution in [0.3, 0.4) is 0 Å². The quantitative estimate of drug-likeness (QED) is 0.767. The number of furan rings is 1. The maximum Gasteiger partial charge on any atom is 0.308 e. The number of aliphatic hydroxyl groups is 1. The van der Waals surface area contributed by atoms with Crippen molar-refractivity contribution in [3.05, 3.63) is 29.7 Å². The van der Waals surface area contributed by atoms with Gasteiger partial charge in [-0.25, -0.2) is 0 Å². The van der Waals surface area contributed by atoms with Crippen LogP contribution in [0.2, 0.25) is 0 Å². The number of methoxy groups -OCH3 is 1. The number of hydrogen-bond acceptors (Lipinski definition) is 4. The van der Waals surface area contributed by atoms with Crippen LogP contribution in [0.1, 0.15) is 19.1 Å². The predicted molar refractivity (Wildman–Crippen MR) is 55.0 cm³/mol. The SMILES string of the molecule is COC(=O)C[C@@H](O)/C(C)=C/c1ccco1. The van der Waals surface area contributed by atoms with Gasteiger partial charge in [-0.3, -0.25) is 4.79 Å². The minimum atomic E-state index is -0.831. The number of ether oxygens (including phenoxy) is 1. The molecular formula is C11H14O4. The first-order chi connectivity index (χ1) is 7.13. The highest BCUT2D eigenvalue weighted by Crippen LogP contribution is 2.12. The summed E-state index contributed by atoms with van der Waals surface area (Å²) >= 11 is 0. The fourth-order valence-corrected chi connectivity index (χ4v) is 1.10. The Morgan fingerprint density at radius 2 is 2.47 bits per heavy atom. The van der Waals surface area contributed by atoms with E-state index in [1.54, 1.807) is 31.4 Å². The van der Waals surface area contributed by atoms with Crippen molar-refractivity contribution >= 4 is 12.0 Å². The van der Waals surface area contributed by atoms with Crippen LogP contribution in [0.15, 0.2) is 28.4 Å². The van der Waals surface area contributed by atoms with Gasteiger partial charge >= 0.3 is 5.97 Å². The average Bonchev–Trinajstić information content (AvgIpc) is 2.70. The Kier molecular flexibility index (Phi) is 4.12. The maximum absolute atomic E-state index is 10.9. The third-order valence-electron chi connectivity index (χ3n) is 2.03. The Morgan fingerprint density at radius 3 is 3.00 bits per heavy atom. The van der Waals surface area contributed by atoms with E-state index in [9.17, 15) is 9.90 Å². The predicted octanol–water partition coefficient (Wildman–Crippen LogP) is 1.61. The zero-order chi connectivity index (χ0) is 11.3. The molecule has 0 radical (unpaired) electrons. The van der Waals surface area contributed by atoms with Crippen molar-refractivity contribution in [2.24, 2.45) is 0 Å². The van der Waals surface area contributed by atoms with Crippen LogP contribution in [0.4, 0.5) is 0 Å². The molecule has 15 heavy (non-hydrogen) atoms. The van der Waals surface area contributed by atoms with E-state index in [0.717, 1.165) is 0 Å². The first-order valence-electron chi connectivity index (χ1n) is 4.60. The molecule has 1 aromatic rings. The van der Waals surface area contributed by atoms with Crippen molar-refractivity contribution in [1.82, 2.24) is 0 Å². The van der Waals surface area contributed by atoms with Gasteiger partial charge in [0.2, 0.25) is 0 Å². The Labute approximate surface area is 88.2 Å². The smallest absolute Gasteiger partial charge is 0.308 e. The van der Waals surface area contributed by atoms with Crippen LogP contribution in [0.25, 0.3) is 6.08 Å². The molecule has 1 aromatic heterocycles. The Morgan fingerprint density at radius 1 is 1.73 bits per heavy atom. The molecule has 0 bridgehead atoms. The Bertz CT molecular complexity index is 337. The molecule has 0 saturated heterocycles. The van der Waals surface area contributed by atoms with E-state index in [2.05, 4.69) is 4.74 Å². The topological polar surface area (TPSA) is 59.7 Å². The van der Waals surface area contributed by atoms with Gasteiger partial charge in [0.25, 0.3) is 0 Å². The largest absolute Gasteiger partial charge is 0.469 e. The van der Waals surface area contributed by atoms with E-state index in [1.807, 2.05) is 0 Å². The van der Waals surface area contributed by atoms with Crippen molar-refractivity contribution in [3.63, 3.8) is 0 Å². The van der Waals surface area contributed by atoms with Crippen molar-refractivity contribution in [2.45, 2.75) is 19.4 Å². The second-order valence-electron chi connectivity index (χ2n) is 3.20. The van der Waals surface area contributed by atoms with Crippen LogP contribution in [-0.4, -0.2) is 24.3 Å². The molecule has 4 nitrogen and oxygen atoms in total. The zero-order valence-corrected chi connectivity index (χ0v) is 8.77. The molecule has 0 aliphatic rings. The number of rotatable bonds is 4. The van der Waals surface area contributed by atoms with Crippen LogP contribution < -0.4 is 0 Å². The van der Waals surface area contributed by atoms with Gasteiger partial charge in [-0.15, -0.1) is 0 Å². The number of esters is 1. The van der Waals surface area contributed by atoms with Gasteiger partial charge in [-0.1, -0.05) is 0 Å². The van der Waals surface area contributed by atoms with Gasteiger partial charge in [-0.05, 0) is 30.7 Å². The summed E-state index contributed by atoms with van der Waals surface area (Å²) in [5, 5.41) is 9.61. The fraction of sp³-hybridized carbons (Fsp3) is 0.364. The lowest BCUT2D eigenvalue weighted by atomic mass is 10.1. The molecule has 0 unspecified atom stereocenters. The zero-order valence-electron chi connectivity index (χ0n) is 8.77. The standard InChI is InChI=1S/C11H14O4/c1-8(6-9-4-3-5-15-9)10(12)7-11(13)14-2/h3-6,10,12H,7H2,1-2H3/b8-6+/t10-/m1/s1. The summed E-state index contributed by atoms with van der Waals surface area (Å²) < 4.78 is 9.54. The molecule has 1 heterocycles. The molecule has 0 aliphatic heterocycles. The number of aliphatic hydroxyl groups excluding tert-OH is 1. The number of hydrogen-bond donors (Lipinski definition) is 1. The van der Waals surface area contributed by atoms with E-state index in [-0.39, 0.29) is 6.42 Å². The van der Waals surface area contributed by atoms with Crippen molar-refractivity contribution in [3.8, 4) is 0 Å². The fourth-order valence-electron chi connectivity index (χ4n) is 1.10. The first kappa shape index (κ1) is 11.5. The summed E-state index contributed by atoms with van der Waals surface area (Å²) in [5.41, 5.74) is 0.662. The molecule has 0 fully saturated rings. The van der Waals surface area contributed by atoms with Crippen LogP contribution in [-0.2, 0) is 9.53 Å². The van der Waals surface area contributed by atoms with E-state index in [4.69, 9.17) is 4.42 Å². The van der Waals surface area contributed by atoms with Crippen LogP contribution in [0.5, 0.6) is 0 Å². The second kappa shape index (κ2) is 5.36. The third-order valence-corrected chi connectivity index (χ3v) is 2.03. The molecule has 0 amide bonds. The van der Waals surface area contributed by atoms with E-state index in [0.29, 0.717) is 11.3 Å². The molecule has 4 heteroatoms. The van der Waals surface area contributed by atoms with E-state index >= 15 is 0 Å². The van der Waals surface area contributed by atoms with Crippen LogP contribution in [0, 0.1) is 0 Å². The maximum atomic E-state index is 10.9. The Balaban J connectivity index is 2.60. The lowest BCUT2D eigenvalue weighted by Crippen LogP contribution is -2.15. The highest BCUT2D eigenvalue weighted by atomic mass is 16.5. The molecule has 0 saturated carbocycles. The highest BCUT2D eigenvalue weighted by molar-refractivity contribution is 5.70. The van der Waals surface area contributed by atoms with Gasteiger partial charge in [0.1, 0.15) is 5.76 Å². The molecule has 1 atom stereocenters. The molecule has 1 N–H and O–H groups in total. The summed E-state index contributed by atoms with van der Waals surface area (Å²) in [6.07, 6.45) is 2.36. The molecule has 0 aliphatic carbocycles. The minimum absolute atomic E-state index is 0.0421. The normalized spacial score (nSPS) is 13.7. The van der Waals surface area contributed by atoms with E-state index < -0.39 is 12.1 Å². The Hall–Kier alpha value is -1.55. The van der Waals surface area contributed by atoms with Crippen molar-refractivity contribution < 1.29 is 19.1 Å². The second-order valence-corrected chi connectivity index (χ2v) is 3.20. The lowest BCUT2D eigenvalue weighted by Gasteiger charge is -2.08. The number of carbonyl (C=O) groups excluding carboxylic acids is 1. The summed E-state index contributed by atoms with van der Waals surface area (Å²) in [6, 6.07) is 3.53. The first-order valence-corrected chi connectivity index (χ1v) is 4.60. The molecule has 1 rings (SSSR count). The number of carbonyl (C=O) groups is 1. The monoisotopic (exact) mass is 210 g/mol. The van der Waals surface area contributed by atoms with Gasteiger partial charge in [0.15, 0.2) is 0 Å². The summed E-state index contributed by atoms with van der Waals surface area (Å²) in [4.78, 5) is 10.9. The lowest BCUT2D eigenvalue weighted by molar-refractivity contribution is -0.142. The summed E-state index contributed by atoms with van der Waals surface area (Å²) in [6.45, 7) is 1.73. The van der Waals surface area contributed by atoms with E-state index in [1.165, 1.54) is 7.11 Å². The third kappa shape index (κ3) is 3.59.